The summed E-state index contributed by atoms with van der Waals surface area (Å²) in [5.74, 6) is -0.809. The Morgan fingerprint density at radius 2 is 1.89 bits per heavy atom. The molecule has 18 heavy (non-hydrogen) atoms. The van der Waals surface area contributed by atoms with Crippen LogP contribution in [0.1, 0.15) is 40.2 Å². The number of hydrogen-bond acceptors (Lipinski definition) is 3. The standard InChI is InChI=1S/C13H19NO2S.Li.H/c15-13(16)12-6-5-11(17-12)7-10-14-8-3-1-2-4-9-14;;/h5-6H,1-4,7-10H2,(H,15,16);;. The quantitative estimate of drug-likeness (QED) is 0.845. The van der Waals surface area contributed by atoms with Gasteiger partial charge in [-0.3, -0.25) is 0 Å². The van der Waals surface area contributed by atoms with Crippen LogP contribution < -0.4 is 0 Å². The van der Waals surface area contributed by atoms with Crippen LogP contribution in [-0.2, 0) is 6.42 Å². The fourth-order valence-electron chi connectivity index (χ4n) is 2.26. The maximum atomic E-state index is 10.8. The number of rotatable bonds is 4. The molecule has 1 aliphatic rings. The molecule has 1 aliphatic heterocycles. The van der Waals surface area contributed by atoms with Gasteiger partial charge in [-0.05, 0) is 44.5 Å². The summed E-state index contributed by atoms with van der Waals surface area (Å²) in [6.07, 6.45) is 6.32. The summed E-state index contributed by atoms with van der Waals surface area (Å²) in [5, 5.41) is 8.85. The molecule has 0 radical (unpaired) electrons. The second-order valence-electron chi connectivity index (χ2n) is 4.58. The molecule has 0 aromatic carbocycles. The van der Waals surface area contributed by atoms with E-state index in [1.165, 1.54) is 55.0 Å². The number of carbonyl (C=O) groups is 1. The van der Waals surface area contributed by atoms with Crippen LogP contribution in [0, 0.1) is 0 Å². The molecule has 0 amide bonds. The van der Waals surface area contributed by atoms with Gasteiger partial charge in [0, 0.05) is 11.4 Å². The zero-order valence-electron chi connectivity index (χ0n) is 10.0. The molecule has 1 N–H and O–H groups in total. The van der Waals surface area contributed by atoms with Gasteiger partial charge in [-0.25, -0.2) is 4.79 Å². The number of hydrogen-bond donors (Lipinski definition) is 1. The molecule has 96 valence electrons. The van der Waals surface area contributed by atoms with Crippen molar-refractivity contribution in [1.29, 1.82) is 0 Å². The summed E-state index contributed by atoms with van der Waals surface area (Å²) >= 11 is 1.41. The first kappa shape index (κ1) is 15.8. The Morgan fingerprint density at radius 3 is 2.44 bits per heavy atom. The van der Waals surface area contributed by atoms with Crippen LogP contribution in [-0.4, -0.2) is 54.5 Å². The van der Waals surface area contributed by atoms with Crippen LogP contribution in [0.4, 0.5) is 0 Å². The first-order valence-electron chi connectivity index (χ1n) is 6.30. The molecule has 5 heteroatoms. The van der Waals surface area contributed by atoms with E-state index >= 15 is 0 Å². The number of carboxylic acid groups (broad SMARTS) is 1. The van der Waals surface area contributed by atoms with Crippen LogP contribution in [0.3, 0.4) is 0 Å². The van der Waals surface area contributed by atoms with Crippen LogP contribution in [0.2, 0.25) is 0 Å². The van der Waals surface area contributed by atoms with Crippen molar-refractivity contribution >= 4 is 36.2 Å². The van der Waals surface area contributed by atoms with Crippen molar-refractivity contribution in [2.75, 3.05) is 19.6 Å². The number of nitrogens with zero attached hydrogens (tertiary/aromatic N) is 1. The summed E-state index contributed by atoms with van der Waals surface area (Å²) in [7, 11) is 0. The van der Waals surface area contributed by atoms with Gasteiger partial charge in [-0.2, -0.15) is 0 Å². The minimum absolute atomic E-state index is 0. The fraction of sp³-hybridized carbons (Fsp3) is 0.615. The van der Waals surface area contributed by atoms with Gasteiger partial charge in [-0.1, -0.05) is 12.8 Å². The van der Waals surface area contributed by atoms with Crippen molar-refractivity contribution in [3.05, 3.63) is 21.9 Å². The zero-order valence-corrected chi connectivity index (χ0v) is 10.8. The first-order chi connectivity index (χ1) is 8.25. The molecule has 0 unspecified atom stereocenters. The average Bonchev–Trinajstić information content (AvgIpc) is 2.63. The minimum atomic E-state index is -0.809. The Bertz CT molecular complexity index is 373. The molecule has 1 saturated heterocycles. The van der Waals surface area contributed by atoms with E-state index in [4.69, 9.17) is 5.11 Å². The summed E-state index contributed by atoms with van der Waals surface area (Å²) in [5.41, 5.74) is 0. The molecule has 3 nitrogen and oxygen atoms in total. The monoisotopic (exact) mass is 261 g/mol. The Hall–Kier alpha value is -0.273. The molecule has 1 aromatic heterocycles. The van der Waals surface area contributed by atoms with E-state index in [0.717, 1.165) is 13.0 Å². The van der Waals surface area contributed by atoms with Crippen molar-refractivity contribution in [3.8, 4) is 0 Å². The predicted octanol–water partition coefficient (Wildman–Crippen LogP) is 2.22. The van der Waals surface area contributed by atoms with Crippen molar-refractivity contribution < 1.29 is 9.90 Å². The molecular formula is C13H20LiNO2S. The zero-order chi connectivity index (χ0) is 12.1. The predicted molar refractivity (Wildman–Crippen MR) is 77.0 cm³/mol. The number of aromatic carboxylic acids is 1. The SMILES string of the molecule is O=C(O)c1ccc(CCN2CCCCCC2)s1.[LiH]. The Morgan fingerprint density at radius 1 is 1.22 bits per heavy atom. The molecule has 0 aliphatic carbocycles. The molecule has 1 fully saturated rings. The van der Waals surface area contributed by atoms with Crippen molar-refractivity contribution in [3.63, 3.8) is 0 Å². The average molecular weight is 261 g/mol. The van der Waals surface area contributed by atoms with Crippen LogP contribution >= 0.6 is 11.3 Å². The van der Waals surface area contributed by atoms with E-state index in [2.05, 4.69) is 4.90 Å². The second kappa shape index (κ2) is 8.01. The Labute approximate surface area is 124 Å². The van der Waals surface area contributed by atoms with Crippen LogP contribution in [0.15, 0.2) is 12.1 Å². The van der Waals surface area contributed by atoms with Crippen molar-refractivity contribution in [1.82, 2.24) is 4.90 Å². The molecule has 0 bridgehead atoms. The third-order valence-corrected chi connectivity index (χ3v) is 4.38. The van der Waals surface area contributed by atoms with E-state index in [1.54, 1.807) is 6.07 Å². The van der Waals surface area contributed by atoms with Crippen molar-refractivity contribution in [2.45, 2.75) is 32.1 Å². The van der Waals surface area contributed by atoms with Gasteiger partial charge < -0.3 is 10.0 Å². The Kier molecular flexibility index (Phi) is 7.02. The number of carboxylic acids is 1. The number of thiophene rings is 1. The topological polar surface area (TPSA) is 40.5 Å². The summed E-state index contributed by atoms with van der Waals surface area (Å²) in [6, 6.07) is 3.66. The number of likely N-dealkylation sites (tertiary alicyclic amines) is 1. The van der Waals surface area contributed by atoms with Gasteiger partial charge >= 0.3 is 24.8 Å². The van der Waals surface area contributed by atoms with Gasteiger partial charge in [0.2, 0.25) is 0 Å². The van der Waals surface area contributed by atoms with Gasteiger partial charge in [0.05, 0.1) is 0 Å². The fourth-order valence-corrected chi connectivity index (χ4v) is 3.09. The van der Waals surface area contributed by atoms with Gasteiger partial charge in [0.25, 0.3) is 0 Å². The third-order valence-electron chi connectivity index (χ3n) is 3.25. The molecular weight excluding hydrogens is 241 g/mol. The maximum absolute atomic E-state index is 10.8. The molecule has 0 spiro atoms. The molecule has 2 heterocycles. The summed E-state index contributed by atoms with van der Waals surface area (Å²) in [6.45, 7) is 3.48. The molecule has 2 rings (SSSR count). The molecule has 0 atom stereocenters. The van der Waals surface area contributed by atoms with E-state index in [0.29, 0.717) is 4.88 Å². The van der Waals surface area contributed by atoms with E-state index in [-0.39, 0.29) is 18.9 Å². The first-order valence-corrected chi connectivity index (χ1v) is 7.12. The Balaban J connectivity index is 0.00000162. The third kappa shape index (κ3) is 4.78. The molecule has 0 saturated carbocycles. The van der Waals surface area contributed by atoms with Gasteiger partial charge in [0.1, 0.15) is 4.88 Å². The van der Waals surface area contributed by atoms with E-state index in [9.17, 15) is 4.79 Å². The summed E-state index contributed by atoms with van der Waals surface area (Å²) in [4.78, 5) is 14.9. The normalized spacial score (nSPS) is 16.9. The van der Waals surface area contributed by atoms with Crippen molar-refractivity contribution in [2.24, 2.45) is 0 Å². The van der Waals surface area contributed by atoms with E-state index in [1.807, 2.05) is 6.07 Å². The van der Waals surface area contributed by atoms with Crippen LogP contribution in [0.5, 0.6) is 0 Å². The van der Waals surface area contributed by atoms with Gasteiger partial charge in [0.15, 0.2) is 0 Å². The van der Waals surface area contributed by atoms with E-state index < -0.39 is 5.97 Å². The molecule has 1 aromatic rings. The summed E-state index contributed by atoms with van der Waals surface area (Å²) < 4.78 is 0. The second-order valence-corrected chi connectivity index (χ2v) is 5.75. The van der Waals surface area contributed by atoms with Gasteiger partial charge in [-0.15, -0.1) is 11.3 Å². The van der Waals surface area contributed by atoms with Crippen LogP contribution in [0.25, 0.3) is 0 Å².